The molecule has 0 atom stereocenters. The van der Waals surface area contributed by atoms with E-state index in [1.165, 1.54) is 6.07 Å². The Morgan fingerprint density at radius 2 is 1.83 bits per heavy atom. The van der Waals surface area contributed by atoms with E-state index in [1.54, 1.807) is 24.3 Å². The zero-order valence-electron chi connectivity index (χ0n) is 10.8. The monoisotopic (exact) mass is 272 g/mol. The van der Waals surface area contributed by atoms with Gasteiger partial charge in [0.1, 0.15) is 0 Å². The molecule has 1 aromatic rings. The first-order valence-corrected chi connectivity index (χ1v) is 7.15. The van der Waals surface area contributed by atoms with Gasteiger partial charge >= 0.3 is 0 Å². The molecule has 0 radical (unpaired) electrons. The highest BCUT2D eigenvalue weighted by atomic mass is 32.2. The molecule has 1 rings (SSSR count). The van der Waals surface area contributed by atoms with Gasteiger partial charge in [-0.3, -0.25) is 4.55 Å². The highest BCUT2D eigenvalue weighted by Crippen LogP contribution is 2.15. The standard InChI is InChI=1S/C9H10O3S.C4H10O/c1-2-5-8-6-3-4-7-9(8)13(10,11)12;1-3-5-4-2/h2-4,6-7H,1,5H2,(H,10,11,12);3-4H2,1-2H3. The fourth-order valence-corrected chi connectivity index (χ4v) is 2.02. The molecule has 0 unspecified atom stereocenters. The lowest BCUT2D eigenvalue weighted by Crippen LogP contribution is -2.02. The molecule has 0 aliphatic rings. The van der Waals surface area contributed by atoms with Gasteiger partial charge < -0.3 is 4.74 Å². The highest BCUT2D eigenvalue weighted by molar-refractivity contribution is 7.85. The molecule has 0 heterocycles. The summed E-state index contributed by atoms with van der Waals surface area (Å²) in [5, 5.41) is 0. The van der Waals surface area contributed by atoms with E-state index in [0.717, 1.165) is 13.2 Å². The van der Waals surface area contributed by atoms with Crippen LogP contribution in [0.4, 0.5) is 0 Å². The van der Waals surface area contributed by atoms with E-state index in [4.69, 9.17) is 9.29 Å². The lowest BCUT2D eigenvalue weighted by molar-refractivity contribution is 0.162. The van der Waals surface area contributed by atoms with E-state index < -0.39 is 10.1 Å². The molecule has 0 aromatic heterocycles. The summed E-state index contributed by atoms with van der Waals surface area (Å²) in [7, 11) is -4.10. The van der Waals surface area contributed by atoms with Gasteiger partial charge in [-0.2, -0.15) is 8.42 Å². The van der Waals surface area contributed by atoms with Crippen molar-refractivity contribution in [1.29, 1.82) is 0 Å². The maximum absolute atomic E-state index is 10.8. The first-order chi connectivity index (χ1) is 8.47. The molecule has 5 heteroatoms. The molecule has 0 fully saturated rings. The lowest BCUT2D eigenvalue weighted by Gasteiger charge is -2.02. The number of ether oxygens (including phenoxy) is 1. The predicted octanol–water partition coefficient (Wildman–Crippen LogP) is 2.70. The Morgan fingerprint density at radius 1 is 1.28 bits per heavy atom. The Balaban J connectivity index is 0.000000494. The maximum Gasteiger partial charge on any atom is 0.294 e. The van der Waals surface area contributed by atoms with Gasteiger partial charge in [-0.1, -0.05) is 24.3 Å². The summed E-state index contributed by atoms with van der Waals surface area (Å²) in [4.78, 5) is -0.0464. The second-order valence-corrected chi connectivity index (χ2v) is 4.75. The quantitative estimate of drug-likeness (QED) is 0.661. The van der Waals surface area contributed by atoms with Crippen LogP contribution in [0.3, 0.4) is 0 Å². The Bertz CT molecular complexity index is 450. The van der Waals surface area contributed by atoms with Crippen LogP contribution in [0.15, 0.2) is 41.8 Å². The Hall–Kier alpha value is -1.17. The molecule has 0 bridgehead atoms. The second kappa shape index (κ2) is 8.85. The van der Waals surface area contributed by atoms with Crippen LogP contribution in [0, 0.1) is 0 Å². The molecule has 0 aliphatic heterocycles. The average molecular weight is 272 g/mol. The maximum atomic E-state index is 10.8. The summed E-state index contributed by atoms with van der Waals surface area (Å²) in [6, 6.07) is 6.29. The summed E-state index contributed by atoms with van der Waals surface area (Å²) in [5.41, 5.74) is 0.556. The highest BCUT2D eigenvalue weighted by Gasteiger charge is 2.12. The van der Waals surface area contributed by atoms with Crippen molar-refractivity contribution in [3.63, 3.8) is 0 Å². The van der Waals surface area contributed by atoms with Gasteiger partial charge in [0.2, 0.25) is 0 Å². The number of allylic oxidation sites excluding steroid dienone is 1. The minimum Gasteiger partial charge on any atom is -0.382 e. The van der Waals surface area contributed by atoms with Gasteiger partial charge in [0.05, 0.1) is 4.90 Å². The second-order valence-electron chi connectivity index (χ2n) is 3.36. The molecule has 0 spiro atoms. The number of rotatable bonds is 5. The van der Waals surface area contributed by atoms with E-state index >= 15 is 0 Å². The number of hydrogen-bond donors (Lipinski definition) is 1. The van der Waals surface area contributed by atoms with Crippen LogP contribution in [0.1, 0.15) is 19.4 Å². The van der Waals surface area contributed by atoms with Crippen molar-refractivity contribution in [2.75, 3.05) is 13.2 Å². The molecule has 4 nitrogen and oxygen atoms in total. The normalized spacial score (nSPS) is 10.4. The predicted molar refractivity (Wildman–Crippen MR) is 72.3 cm³/mol. The molecular weight excluding hydrogens is 252 g/mol. The number of benzene rings is 1. The molecule has 0 saturated heterocycles. The van der Waals surface area contributed by atoms with Gasteiger partial charge in [-0.15, -0.1) is 6.58 Å². The molecule has 0 saturated carbocycles. The fraction of sp³-hybridized carbons (Fsp3) is 0.385. The average Bonchev–Trinajstić information content (AvgIpc) is 2.31. The Morgan fingerprint density at radius 3 is 2.22 bits per heavy atom. The van der Waals surface area contributed by atoms with Crippen molar-refractivity contribution in [3.05, 3.63) is 42.5 Å². The molecule has 1 aromatic carbocycles. The smallest absolute Gasteiger partial charge is 0.294 e. The van der Waals surface area contributed by atoms with E-state index in [9.17, 15) is 8.42 Å². The summed E-state index contributed by atoms with van der Waals surface area (Å²) in [5.74, 6) is 0. The van der Waals surface area contributed by atoms with Gasteiger partial charge in [0, 0.05) is 13.2 Å². The van der Waals surface area contributed by atoms with Crippen molar-refractivity contribution in [3.8, 4) is 0 Å². The van der Waals surface area contributed by atoms with Gasteiger partial charge in [-0.05, 0) is 31.9 Å². The van der Waals surface area contributed by atoms with E-state index in [1.807, 2.05) is 13.8 Å². The first kappa shape index (κ1) is 16.8. The van der Waals surface area contributed by atoms with Crippen molar-refractivity contribution in [2.24, 2.45) is 0 Å². The third kappa shape index (κ3) is 6.54. The summed E-state index contributed by atoms with van der Waals surface area (Å²) >= 11 is 0. The minimum atomic E-state index is -4.10. The van der Waals surface area contributed by atoms with Crippen molar-refractivity contribution in [1.82, 2.24) is 0 Å². The summed E-state index contributed by atoms with van der Waals surface area (Å²) in [6.45, 7) is 9.17. The SMILES string of the molecule is C=CCc1ccccc1S(=O)(=O)O.CCOCC. The molecule has 0 aliphatic carbocycles. The minimum absolute atomic E-state index is 0.0464. The van der Waals surface area contributed by atoms with Gasteiger partial charge in [0.15, 0.2) is 0 Å². The van der Waals surface area contributed by atoms with E-state index in [0.29, 0.717) is 12.0 Å². The van der Waals surface area contributed by atoms with Crippen molar-refractivity contribution in [2.45, 2.75) is 25.2 Å². The Labute approximate surface area is 109 Å². The zero-order valence-corrected chi connectivity index (χ0v) is 11.6. The topological polar surface area (TPSA) is 63.6 Å². The molecule has 0 amide bonds. The van der Waals surface area contributed by atoms with Crippen LogP contribution in [0.2, 0.25) is 0 Å². The first-order valence-electron chi connectivity index (χ1n) is 5.71. The van der Waals surface area contributed by atoms with Crippen LogP contribution in [0.25, 0.3) is 0 Å². The summed E-state index contributed by atoms with van der Waals surface area (Å²) in [6.07, 6.45) is 2.01. The molecule has 18 heavy (non-hydrogen) atoms. The van der Waals surface area contributed by atoms with Crippen molar-refractivity contribution >= 4 is 10.1 Å². The molecular formula is C13H20O4S. The lowest BCUT2D eigenvalue weighted by atomic mass is 10.1. The van der Waals surface area contributed by atoms with E-state index in [-0.39, 0.29) is 4.90 Å². The number of hydrogen-bond acceptors (Lipinski definition) is 3. The van der Waals surface area contributed by atoms with E-state index in [2.05, 4.69) is 6.58 Å². The third-order valence-electron chi connectivity index (χ3n) is 2.02. The molecule has 102 valence electrons. The third-order valence-corrected chi connectivity index (χ3v) is 2.98. The zero-order chi connectivity index (χ0) is 14.0. The Kier molecular flexibility index (Phi) is 8.28. The van der Waals surface area contributed by atoms with Gasteiger partial charge in [0.25, 0.3) is 10.1 Å². The van der Waals surface area contributed by atoms with Crippen molar-refractivity contribution < 1.29 is 17.7 Å². The van der Waals surface area contributed by atoms with Gasteiger partial charge in [-0.25, -0.2) is 0 Å². The fourth-order valence-electron chi connectivity index (χ4n) is 1.28. The summed E-state index contributed by atoms with van der Waals surface area (Å²) < 4.78 is 35.4. The largest absolute Gasteiger partial charge is 0.382 e. The van der Waals surface area contributed by atoms with Crippen LogP contribution in [-0.2, 0) is 21.3 Å². The van der Waals surface area contributed by atoms with Crippen LogP contribution in [-0.4, -0.2) is 26.2 Å². The van der Waals surface area contributed by atoms with Crippen LogP contribution < -0.4 is 0 Å². The molecule has 1 N–H and O–H groups in total. The van der Waals surface area contributed by atoms with Crippen LogP contribution >= 0.6 is 0 Å². The van der Waals surface area contributed by atoms with Crippen LogP contribution in [0.5, 0.6) is 0 Å².